The first kappa shape index (κ1) is 18.6. The number of benzene rings is 1. The number of rotatable bonds is 6. The summed E-state index contributed by atoms with van der Waals surface area (Å²) in [4.78, 5) is 17.3. The minimum atomic E-state index is -0.0986. The van der Waals surface area contributed by atoms with E-state index in [4.69, 9.17) is 14.2 Å². The molecule has 3 aliphatic rings. The van der Waals surface area contributed by atoms with Gasteiger partial charge in [-0.2, -0.15) is 0 Å². The molecule has 4 atom stereocenters. The predicted molar refractivity (Wildman–Crippen MR) is 102 cm³/mol. The van der Waals surface area contributed by atoms with E-state index < -0.39 is 0 Å². The van der Waals surface area contributed by atoms with Crippen LogP contribution in [-0.2, 0) is 16.0 Å². The number of methoxy groups -OCH3 is 2. The van der Waals surface area contributed by atoms with Crippen molar-refractivity contribution in [3.63, 3.8) is 0 Å². The standard InChI is InChI=1S/C21H30N2O4/c1-22(2)11-15-16-12-23(13-21(16)8-7-17(15)27-21)20(24)10-14-5-6-18(25-3)19(9-14)26-4/h5-6,9,15-17H,7-8,10-13H2,1-4H3/t15-,16+,17+,21+/m0/s1. The molecule has 1 aromatic carbocycles. The fourth-order valence-corrected chi connectivity index (χ4v) is 5.32. The summed E-state index contributed by atoms with van der Waals surface area (Å²) in [6.45, 7) is 2.60. The third kappa shape index (κ3) is 3.19. The predicted octanol–water partition coefficient (Wildman–Crippen LogP) is 1.81. The van der Waals surface area contributed by atoms with E-state index in [0.29, 0.717) is 35.9 Å². The van der Waals surface area contributed by atoms with E-state index in [-0.39, 0.29) is 11.5 Å². The van der Waals surface area contributed by atoms with Gasteiger partial charge in [-0.1, -0.05) is 6.07 Å². The number of hydrogen-bond donors (Lipinski definition) is 0. The molecule has 3 saturated heterocycles. The lowest BCUT2D eigenvalue weighted by Gasteiger charge is -2.30. The highest BCUT2D eigenvalue weighted by Gasteiger charge is 2.63. The Balaban J connectivity index is 1.45. The second-order valence-corrected chi connectivity index (χ2v) is 8.43. The molecule has 0 N–H and O–H groups in total. The molecule has 3 heterocycles. The van der Waals surface area contributed by atoms with Gasteiger partial charge in [0.1, 0.15) is 0 Å². The van der Waals surface area contributed by atoms with Crippen LogP contribution in [0, 0.1) is 11.8 Å². The van der Waals surface area contributed by atoms with Crippen LogP contribution >= 0.6 is 0 Å². The zero-order chi connectivity index (χ0) is 19.2. The number of hydrogen-bond acceptors (Lipinski definition) is 5. The van der Waals surface area contributed by atoms with E-state index in [1.165, 1.54) is 0 Å². The lowest BCUT2D eigenvalue weighted by Crippen LogP contribution is -2.40. The average molecular weight is 374 g/mol. The Morgan fingerprint density at radius 3 is 2.78 bits per heavy atom. The maximum absolute atomic E-state index is 13.0. The summed E-state index contributed by atoms with van der Waals surface area (Å²) in [6, 6.07) is 5.69. The number of likely N-dealkylation sites (tertiary alicyclic amines) is 1. The first-order valence-electron chi connectivity index (χ1n) is 9.77. The number of carbonyl (C=O) groups is 1. The molecule has 3 fully saturated rings. The fraction of sp³-hybridized carbons (Fsp3) is 0.667. The molecular formula is C21H30N2O4. The smallest absolute Gasteiger partial charge is 0.227 e. The Hall–Kier alpha value is -1.79. The van der Waals surface area contributed by atoms with Crippen LogP contribution in [0.4, 0.5) is 0 Å². The summed E-state index contributed by atoms with van der Waals surface area (Å²) >= 11 is 0. The maximum Gasteiger partial charge on any atom is 0.227 e. The van der Waals surface area contributed by atoms with Crippen molar-refractivity contribution in [2.45, 2.75) is 31.0 Å². The second kappa shape index (κ2) is 6.99. The van der Waals surface area contributed by atoms with E-state index in [1.807, 2.05) is 23.1 Å². The van der Waals surface area contributed by atoms with E-state index in [2.05, 4.69) is 19.0 Å². The summed E-state index contributed by atoms with van der Waals surface area (Å²) in [6.07, 6.45) is 2.98. The van der Waals surface area contributed by atoms with Crippen molar-refractivity contribution in [2.24, 2.45) is 11.8 Å². The third-order valence-corrected chi connectivity index (χ3v) is 6.52. The molecule has 0 unspecified atom stereocenters. The Bertz CT molecular complexity index is 722. The van der Waals surface area contributed by atoms with Gasteiger partial charge in [0.25, 0.3) is 0 Å². The van der Waals surface area contributed by atoms with Crippen molar-refractivity contribution in [1.82, 2.24) is 9.80 Å². The summed E-state index contributed by atoms with van der Waals surface area (Å²) in [5.74, 6) is 2.51. The summed E-state index contributed by atoms with van der Waals surface area (Å²) in [7, 11) is 7.47. The highest BCUT2D eigenvalue weighted by atomic mass is 16.5. The zero-order valence-electron chi connectivity index (χ0n) is 16.7. The molecule has 6 heteroatoms. The quantitative estimate of drug-likeness (QED) is 0.760. The van der Waals surface area contributed by atoms with Gasteiger partial charge < -0.3 is 24.0 Å². The number of fused-ring (bicyclic) bond motifs is 1. The van der Waals surface area contributed by atoms with Crippen molar-refractivity contribution in [3.05, 3.63) is 23.8 Å². The molecule has 0 saturated carbocycles. The molecule has 4 rings (SSSR count). The molecular weight excluding hydrogens is 344 g/mol. The SMILES string of the molecule is COc1ccc(CC(=O)N2C[C@@H]3[C@H](CN(C)C)[C@H]4CC[C@]3(C2)O4)cc1OC. The van der Waals surface area contributed by atoms with Gasteiger partial charge in [0, 0.05) is 24.9 Å². The van der Waals surface area contributed by atoms with Gasteiger partial charge in [-0.25, -0.2) is 0 Å². The van der Waals surface area contributed by atoms with Crippen molar-refractivity contribution in [3.8, 4) is 11.5 Å². The van der Waals surface area contributed by atoms with Crippen LogP contribution in [-0.4, -0.2) is 75.4 Å². The third-order valence-electron chi connectivity index (χ3n) is 6.52. The van der Waals surface area contributed by atoms with Gasteiger partial charge in [0.05, 0.1) is 38.9 Å². The highest BCUT2D eigenvalue weighted by molar-refractivity contribution is 5.79. The van der Waals surface area contributed by atoms with Crippen LogP contribution in [0.5, 0.6) is 11.5 Å². The Kier molecular flexibility index (Phi) is 4.80. The zero-order valence-corrected chi connectivity index (χ0v) is 16.7. The topological polar surface area (TPSA) is 51.2 Å². The molecule has 6 nitrogen and oxygen atoms in total. The monoisotopic (exact) mass is 374 g/mol. The summed E-state index contributed by atoms with van der Waals surface area (Å²) in [5.41, 5.74) is 0.848. The lowest BCUT2D eigenvalue weighted by atomic mass is 9.73. The number of ether oxygens (including phenoxy) is 3. The lowest BCUT2D eigenvalue weighted by molar-refractivity contribution is -0.131. The van der Waals surface area contributed by atoms with Crippen molar-refractivity contribution in [1.29, 1.82) is 0 Å². The number of nitrogens with zero attached hydrogens (tertiary/aromatic N) is 2. The van der Waals surface area contributed by atoms with Crippen LogP contribution in [0.3, 0.4) is 0 Å². The van der Waals surface area contributed by atoms with Gasteiger partial charge in [0.15, 0.2) is 11.5 Å². The first-order chi connectivity index (χ1) is 13.0. The van der Waals surface area contributed by atoms with E-state index in [0.717, 1.165) is 38.0 Å². The molecule has 2 bridgehead atoms. The molecule has 1 amide bonds. The van der Waals surface area contributed by atoms with E-state index >= 15 is 0 Å². The molecule has 0 aromatic heterocycles. The van der Waals surface area contributed by atoms with Crippen LogP contribution in [0.2, 0.25) is 0 Å². The minimum Gasteiger partial charge on any atom is -0.493 e. The Morgan fingerprint density at radius 2 is 2.07 bits per heavy atom. The van der Waals surface area contributed by atoms with Gasteiger partial charge in [0.2, 0.25) is 5.91 Å². The summed E-state index contributed by atoms with van der Waals surface area (Å²) < 4.78 is 17.1. The normalized spacial score (nSPS) is 31.4. The second-order valence-electron chi connectivity index (χ2n) is 8.43. The van der Waals surface area contributed by atoms with Crippen molar-refractivity contribution >= 4 is 5.91 Å². The number of amides is 1. The molecule has 27 heavy (non-hydrogen) atoms. The van der Waals surface area contributed by atoms with Gasteiger partial charge in [-0.3, -0.25) is 4.79 Å². The number of carbonyl (C=O) groups excluding carboxylic acids is 1. The highest BCUT2D eigenvalue weighted by Crippen LogP contribution is 2.55. The van der Waals surface area contributed by atoms with Crippen molar-refractivity contribution < 1.29 is 19.0 Å². The first-order valence-corrected chi connectivity index (χ1v) is 9.77. The fourth-order valence-electron chi connectivity index (χ4n) is 5.32. The van der Waals surface area contributed by atoms with Crippen molar-refractivity contribution in [2.75, 3.05) is 47.9 Å². The molecule has 148 valence electrons. The Labute approximate surface area is 161 Å². The van der Waals surface area contributed by atoms with Gasteiger partial charge in [-0.05, 0) is 44.6 Å². The molecule has 1 aromatic rings. The van der Waals surface area contributed by atoms with Crippen LogP contribution in [0.1, 0.15) is 18.4 Å². The van der Waals surface area contributed by atoms with E-state index in [1.54, 1.807) is 14.2 Å². The molecule has 0 radical (unpaired) electrons. The molecule has 3 aliphatic heterocycles. The van der Waals surface area contributed by atoms with Gasteiger partial charge >= 0.3 is 0 Å². The van der Waals surface area contributed by atoms with Crippen LogP contribution in [0.15, 0.2) is 18.2 Å². The molecule has 0 aliphatic carbocycles. The van der Waals surface area contributed by atoms with Crippen LogP contribution < -0.4 is 9.47 Å². The van der Waals surface area contributed by atoms with Gasteiger partial charge in [-0.15, -0.1) is 0 Å². The van der Waals surface area contributed by atoms with E-state index in [9.17, 15) is 4.79 Å². The Morgan fingerprint density at radius 1 is 1.30 bits per heavy atom. The largest absolute Gasteiger partial charge is 0.493 e. The minimum absolute atomic E-state index is 0.0986. The molecule has 1 spiro atoms. The maximum atomic E-state index is 13.0. The van der Waals surface area contributed by atoms with Crippen LogP contribution in [0.25, 0.3) is 0 Å². The summed E-state index contributed by atoms with van der Waals surface area (Å²) in [5, 5.41) is 0. The average Bonchev–Trinajstić information content (AvgIpc) is 3.31.